The van der Waals surface area contributed by atoms with Crippen molar-refractivity contribution >= 4 is 39.1 Å². The van der Waals surface area contributed by atoms with Crippen molar-refractivity contribution in [2.75, 3.05) is 19.7 Å². The lowest BCUT2D eigenvalue weighted by molar-refractivity contribution is -0.119. The lowest BCUT2D eigenvalue weighted by atomic mass is 10.1. The third-order valence-electron chi connectivity index (χ3n) is 5.43. The van der Waals surface area contributed by atoms with E-state index in [4.69, 9.17) is 27.9 Å². The van der Waals surface area contributed by atoms with Crippen LogP contribution in [-0.4, -0.2) is 34.0 Å². The van der Waals surface area contributed by atoms with Crippen LogP contribution in [0.4, 0.5) is 0 Å². The minimum Gasteiger partial charge on any atom is -0.494 e. The molecule has 3 aromatic rings. The molecule has 0 bridgehead atoms. The highest BCUT2D eigenvalue weighted by atomic mass is 35.5. The molecule has 0 atom stereocenters. The van der Waals surface area contributed by atoms with Crippen LogP contribution < -0.4 is 14.8 Å². The van der Waals surface area contributed by atoms with Crippen LogP contribution in [-0.2, 0) is 27.7 Å². The summed E-state index contributed by atoms with van der Waals surface area (Å²) >= 11 is 11.9. The van der Waals surface area contributed by atoms with Crippen molar-refractivity contribution < 1.29 is 17.9 Å². The number of hydrogen-bond acceptors (Lipinski definition) is 5. The molecular formula is C27H30Cl2N2O4S. The zero-order valence-corrected chi connectivity index (χ0v) is 22.2. The van der Waals surface area contributed by atoms with Gasteiger partial charge >= 0.3 is 0 Å². The minimum atomic E-state index is -4.13. The molecule has 1 amide bonds. The fraction of sp³-hybridized carbons (Fsp3) is 0.296. The second kappa shape index (κ2) is 14.2. The zero-order valence-electron chi connectivity index (χ0n) is 19.9. The van der Waals surface area contributed by atoms with Crippen LogP contribution >= 0.6 is 23.2 Å². The Bertz CT molecular complexity index is 1200. The van der Waals surface area contributed by atoms with Crippen LogP contribution in [0.1, 0.15) is 30.4 Å². The SMILES string of the molecule is O=C(CCNCCCc1ccc(OCCCc2ccccc2)cc1)NS(=O)(=O)c1c(Cl)cccc1Cl. The van der Waals surface area contributed by atoms with Crippen LogP contribution in [0.3, 0.4) is 0 Å². The fourth-order valence-corrected chi connectivity index (χ4v) is 5.76. The molecule has 0 aromatic heterocycles. The predicted octanol–water partition coefficient (Wildman–Crippen LogP) is 5.42. The molecule has 0 radical (unpaired) electrons. The van der Waals surface area contributed by atoms with E-state index in [9.17, 15) is 13.2 Å². The molecule has 0 heterocycles. The van der Waals surface area contributed by atoms with E-state index in [1.54, 1.807) is 0 Å². The third kappa shape index (κ3) is 9.13. The summed E-state index contributed by atoms with van der Waals surface area (Å²) in [5.74, 6) is 0.238. The summed E-state index contributed by atoms with van der Waals surface area (Å²) in [5.41, 5.74) is 2.52. The van der Waals surface area contributed by atoms with E-state index in [1.807, 2.05) is 35.1 Å². The van der Waals surface area contributed by atoms with Gasteiger partial charge in [-0.1, -0.05) is 71.7 Å². The second-order valence-corrected chi connectivity index (χ2v) is 10.7. The molecule has 2 N–H and O–H groups in total. The zero-order chi connectivity index (χ0) is 25.8. The molecule has 0 unspecified atom stereocenters. The van der Waals surface area contributed by atoms with E-state index >= 15 is 0 Å². The summed E-state index contributed by atoms with van der Waals surface area (Å²) in [4.78, 5) is 11.8. The van der Waals surface area contributed by atoms with Gasteiger partial charge < -0.3 is 10.1 Å². The van der Waals surface area contributed by atoms with Crippen molar-refractivity contribution in [1.82, 2.24) is 10.0 Å². The number of amides is 1. The van der Waals surface area contributed by atoms with Crippen LogP contribution in [0.2, 0.25) is 10.0 Å². The summed E-state index contributed by atoms with van der Waals surface area (Å²) in [5, 5.41) is 3.08. The molecule has 0 aliphatic carbocycles. The van der Waals surface area contributed by atoms with Gasteiger partial charge in [0.15, 0.2) is 0 Å². The highest BCUT2D eigenvalue weighted by molar-refractivity contribution is 7.90. The highest BCUT2D eigenvalue weighted by Gasteiger charge is 2.23. The Labute approximate surface area is 223 Å². The molecule has 6 nitrogen and oxygen atoms in total. The molecular weight excluding hydrogens is 519 g/mol. The summed E-state index contributed by atoms with van der Waals surface area (Å²) in [6.45, 7) is 1.74. The Morgan fingerprint density at radius 2 is 1.42 bits per heavy atom. The quantitative estimate of drug-likeness (QED) is 0.262. The van der Waals surface area contributed by atoms with E-state index in [1.165, 1.54) is 29.3 Å². The average molecular weight is 550 g/mol. The smallest absolute Gasteiger partial charge is 0.267 e. The standard InChI is InChI=1S/C27H30Cl2N2O4S/c28-24-11-4-12-25(29)27(24)36(33,34)31-26(32)17-19-30-18-5-9-22-13-15-23(16-14-22)35-20-6-10-21-7-2-1-3-8-21/h1-4,7-8,11-16,30H,5-6,9-10,17-20H2,(H,31,32). The van der Waals surface area contributed by atoms with E-state index < -0.39 is 15.9 Å². The molecule has 0 aliphatic heterocycles. The maximum absolute atomic E-state index is 12.4. The van der Waals surface area contributed by atoms with Gasteiger partial charge in [-0.15, -0.1) is 0 Å². The van der Waals surface area contributed by atoms with Crippen molar-refractivity contribution in [2.24, 2.45) is 0 Å². The molecule has 0 spiro atoms. The largest absolute Gasteiger partial charge is 0.494 e. The van der Waals surface area contributed by atoms with Gasteiger partial charge in [-0.05, 0) is 67.6 Å². The van der Waals surface area contributed by atoms with Crippen LogP contribution in [0, 0.1) is 0 Å². The van der Waals surface area contributed by atoms with Gasteiger partial charge in [0, 0.05) is 13.0 Å². The fourth-order valence-electron chi connectivity index (χ4n) is 3.60. The molecule has 0 fully saturated rings. The number of nitrogens with one attached hydrogen (secondary N) is 2. The molecule has 0 aliphatic rings. The summed E-state index contributed by atoms with van der Waals surface area (Å²) in [6.07, 6.45) is 3.74. The molecule has 36 heavy (non-hydrogen) atoms. The van der Waals surface area contributed by atoms with Crippen molar-refractivity contribution in [2.45, 2.75) is 37.0 Å². The van der Waals surface area contributed by atoms with Crippen molar-refractivity contribution in [1.29, 1.82) is 0 Å². The number of carbonyl (C=O) groups is 1. The summed E-state index contributed by atoms with van der Waals surface area (Å²) in [7, 11) is -4.13. The van der Waals surface area contributed by atoms with Crippen LogP contribution in [0.15, 0.2) is 77.7 Å². The monoisotopic (exact) mass is 548 g/mol. The summed E-state index contributed by atoms with van der Waals surface area (Å²) in [6, 6.07) is 22.8. The van der Waals surface area contributed by atoms with E-state index in [0.29, 0.717) is 19.7 Å². The highest BCUT2D eigenvalue weighted by Crippen LogP contribution is 2.28. The molecule has 3 rings (SSSR count). The Hall–Kier alpha value is -2.58. The number of hydrogen-bond donors (Lipinski definition) is 2. The minimum absolute atomic E-state index is 0.0115. The first-order valence-corrected chi connectivity index (χ1v) is 14.0. The van der Waals surface area contributed by atoms with E-state index in [2.05, 4.69) is 29.6 Å². The second-order valence-electron chi connectivity index (χ2n) is 8.26. The van der Waals surface area contributed by atoms with E-state index in [-0.39, 0.29) is 21.4 Å². The molecule has 0 saturated heterocycles. The van der Waals surface area contributed by atoms with Gasteiger partial charge in [-0.2, -0.15) is 0 Å². The van der Waals surface area contributed by atoms with Crippen molar-refractivity contribution in [3.05, 3.63) is 94.0 Å². The van der Waals surface area contributed by atoms with Gasteiger partial charge in [0.1, 0.15) is 10.6 Å². The van der Waals surface area contributed by atoms with Gasteiger partial charge in [0.05, 0.1) is 16.7 Å². The first-order valence-electron chi connectivity index (χ1n) is 11.8. The van der Waals surface area contributed by atoms with Gasteiger partial charge in [-0.25, -0.2) is 13.1 Å². The predicted molar refractivity (Wildman–Crippen MR) is 144 cm³/mol. The van der Waals surface area contributed by atoms with Gasteiger partial charge in [-0.3, -0.25) is 4.79 Å². The number of aryl methyl sites for hydroxylation is 2. The molecule has 0 saturated carbocycles. The number of rotatable bonds is 14. The Kier molecular flexibility index (Phi) is 11.1. The molecule has 192 valence electrons. The normalized spacial score (nSPS) is 11.3. The maximum Gasteiger partial charge on any atom is 0.267 e. The van der Waals surface area contributed by atoms with Crippen LogP contribution in [0.5, 0.6) is 5.75 Å². The number of sulfonamides is 1. The van der Waals surface area contributed by atoms with Gasteiger partial charge in [0.25, 0.3) is 10.0 Å². The third-order valence-corrected chi connectivity index (χ3v) is 7.76. The van der Waals surface area contributed by atoms with Crippen molar-refractivity contribution in [3.8, 4) is 5.75 Å². The average Bonchev–Trinajstić information content (AvgIpc) is 2.85. The first kappa shape index (κ1) is 28.0. The lowest BCUT2D eigenvalue weighted by Crippen LogP contribution is -2.33. The maximum atomic E-state index is 12.4. The topological polar surface area (TPSA) is 84.5 Å². The summed E-state index contributed by atoms with van der Waals surface area (Å²) < 4.78 is 32.7. The molecule has 3 aromatic carbocycles. The Morgan fingerprint density at radius 3 is 2.11 bits per heavy atom. The van der Waals surface area contributed by atoms with E-state index in [0.717, 1.165) is 31.4 Å². The number of benzene rings is 3. The Balaban J connectivity index is 1.28. The number of carbonyl (C=O) groups excluding carboxylic acids is 1. The Morgan fingerprint density at radius 1 is 0.778 bits per heavy atom. The van der Waals surface area contributed by atoms with Gasteiger partial charge in [0.2, 0.25) is 5.91 Å². The lowest BCUT2D eigenvalue weighted by Gasteiger charge is -2.10. The number of ether oxygens (including phenoxy) is 1. The van der Waals surface area contributed by atoms with Crippen LogP contribution in [0.25, 0.3) is 0 Å². The molecule has 9 heteroatoms. The number of halogens is 2. The first-order chi connectivity index (χ1) is 17.3. The van der Waals surface area contributed by atoms with Crippen molar-refractivity contribution in [3.63, 3.8) is 0 Å².